The molecule has 5 heterocycles. The number of thioether (sulfide) groups is 1. The Morgan fingerprint density at radius 1 is 0.704 bits per heavy atom. The Hall–Kier alpha value is -5.03. The summed E-state index contributed by atoms with van der Waals surface area (Å²) in [5.41, 5.74) is 7.15. The van der Waals surface area contributed by atoms with Crippen LogP contribution in [0.2, 0.25) is 0 Å². The van der Waals surface area contributed by atoms with Crippen molar-refractivity contribution in [2.24, 2.45) is 0 Å². The predicted octanol–water partition coefficient (Wildman–Crippen LogP) is 10.5. The van der Waals surface area contributed by atoms with E-state index in [1.807, 2.05) is 52.5 Å². The number of ether oxygens (including phenoxy) is 2. The molecule has 0 saturated carbocycles. The molecule has 1 spiro atoms. The van der Waals surface area contributed by atoms with Crippen LogP contribution in [-0.2, 0) is 9.47 Å². The number of hydrogen-bond acceptors (Lipinski definition) is 7. The quantitative estimate of drug-likeness (QED) is 0.173. The van der Waals surface area contributed by atoms with Gasteiger partial charge < -0.3 is 19.4 Å². The number of rotatable bonds is 4. The van der Waals surface area contributed by atoms with E-state index in [0.717, 1.165) is 92.4 Å². The molecule has 3 saturated heterocycles. The Labute approximate surface area is 319 Å². The first-order valence-electron chi connectivity index (χ1n) is 19.0. The highest BCUT2D eigenvalue weighted by Crippen LogP contribution is 2.70. The lowest BCUT2D eigenvalue weighted by Crippen LogP contribution is -2.41. The van der Waals surface area contributed by atoms with Crippen LogP contribution in [0, 0.1) is 0 Å². The molecule has 278 valence electrons. The van der Waals surface area contributed by atoms with Gasteiger partial charge in [0.15, 0.2) is 0 Å². The van der Waals surface area contributed by atoms with Crippen LogP contribution >= 0.6 is 11.8 Å². The van der Waals surface area contributed by atoms with Gasteiger partial charge in [0.05, 0.1) is 33.4 Å². The molecule has 2 amide bonds. The number of H-pyrrole nitrogens is 2. The molecule has 2 N–H and O–H groups in total. The number of aromatic amines is 2. The molecule has 3 fully saturated rings. The normalized spacial score (nSPS) is 21.5. The first-order valence-corrected chi connectivity index (χ1v) is 19.8. The monoisotopic (exact) mass is 742 g/mol. The summed E-state index contributed by atoms with van der Waals surface area (Å²) in [5, 5.41) is 2.43. The van der Waals surface area contributed by atoms with E-state index in [2.05, 4.69) is 76.7 Å². The summed E-state index contributed by atoms with van der Waals surface area (Å²) in [4.78, 5) is 46.4. The summed E-state index contributed by atoms with van der Waals surface area (Å²) in [5.74, 6) is 1.72. The zero-order valence-electron chi connectivity index (χ0n) is 31.7. The van der Waals surface area contributed by atoms with E-state index in [1.54, 1.807) is 16.7 Å². The lowest BCUT2D eigenvalue weighted by Gasteiger charge is -2.28. The van der Waals surface area contributed by atoms with Crippen LogP contribution in [-0.4, -0.2) is 71.1 Å². The van der Waals surface area contributed by atoms with Crippen LogP contribution in [0.25, 0.3) is 55.1 Å². The van der Waals surface area contributed by atoms with Crippen molar-refractivity contribution in [3.8, 4) is 22.3 Å². The Bertz CT molecular complexity index is 2460. The minimum Gasteiger partial charge on any atom is -0.444 e. The van der Waals surface area contributed by atoms with Gasteiger partial charge in [0, 0.05) is 13.1 Å². The Morgan fingerprint density at radius 2 is 1.24 bits per heavy atom. The zero-order valence-corrected chi connectivity index (χ0v) is 32.5. The SMILES string of the molecule is CC(C)(C)OC(=O)N1CCCC1c1nc2ccc(-c3ccc4cc(-c5ccc6nc(C7SC78CCCN8C(=O)OC(C)(C)C)[nH]c6c5)ccc4c3)cc2[nH]1. The lowest BCUT2D eigenvalue weighted by atomic mass is 9.97. The van der Waals surface area contributed by atoms with Crippen LogP contribution in [0.4, 0.5) is 9.59 Å². The van der Waals surface area contributed by atoms with E-state index >= 15 is 0 Å². The number of likely N-dealkylation sites (tertiary alicyclic amines) is 2. The fourth-order valence-corrected chi connectivity index (χ4v) is 9.58. The number of nitrogens with one attached hydrogen (secondary N) is 2. The average molecular weight is 743 g/mol. The molecule has 10 nitrogen and oxygen atoms in total. The summed E-state index contributed by atoms with van der Waals surface area (Å²) in [6.45, 7) is 12.8. The predicted molar refractivity (Wildman–Crippen MR) is 214 cm³/mol. The van der Waals surface area contributed by atoms with Gasteiger partial charge in [-0.05, 0) is 137 Å². The molecule has 0 radical (unpaired) electrons. The van der Waals surface area contributed by atoms with Gasteiger partial charge in [-0.1, -0.05) is 36.4 Å². The molecule has 3 unspecified atom stereocenters. The van der Waals surface area contributed by atoms with Gasteiger partial charge in [0.1, 0.15) is 27.7 Å². The standard InChI is InChI=1S/C43H46N6O4S/c1-41(2,3)52-39(50)48-19-7-9-35(48)37-44-31-16-14-29(23-33(31)46-37)27-12-10-26-22-28(13-11-25(26)21-27)30-15-17-32-34(24-30)47-38(45-32)36-43(54-36)18-8-20-49(43)40(51)53-42(4,5)6/h10-17,21-24,35-36H,7-9,18-20H2,1-6H3,(H,44,46)(H,45,47). The number of carbonyl (C=O) groups is 2. The van der Waals surface area contributed by atoms with Crippen LogP contribution in [0.3, 0.4) is 0 Å². The van der Waals surface area contributed by atoms with Crippen molar-refractivity contribution in [3.05, 3.63) is 84.4 Å². The maximum absolute atomic E-state index is 13.0. The van der Waals surface area contributed by atoms with Crippen molar-refractivity contribution >= 4 is 56.8 Å². The largest absolute Gasteiger partial charge is 0.444 e. The van der Waals surface area contributed by atoms with Crippen molar-refractivity contribution in [3.63, 3.8) is 0 Å². The summed E-state index contributed by atoms with van der Waals surface area (Å²) in [7, 11) is 0. The number of imidazole rings is 2. The molecular formula is C43H46N6O4S. The number of nitrogens with zero attached hydrogens (tertiary/aromatic N) is 4. The van der Waals surface area contributed by atoms with Gasteiger partial charge >= 0.3 is 12.2 Å². The molecule has 9 rings (SSSR count). The molecule has 3 aliphatic heterocycles. The maximum atomic E-state index is 13.0. The van der Waals surface area contributed by atoms with Crippen molar-refractivity contribution in [1.29, 1.82) is 0 Å². The van der Waals surface area contributed by atoms with Crippen LogP contribution in [0.15, 0.2) is 72.8 Å². The molecule has 54 heavy (non-hydrogen) atoms. The molecule has 11 heteroatoms. The topological polar surface area (TPSA) is 116 Å². The number of amides is 2. The van der Waals surface area contributed by atoms with Crippen LogP contribution in [0.5, 0.6) is 0 Å². The van der Waals surface area contributed by atoms with Gasteiger partial charge in [-0.25, -0.2) is 19.6 Å². The van der Waals surface area contributed by atoms with Gasteiger partial charge in [0.25, 0.3) is 0 Å². The van der Waals surface area contributed by atoms with E-state index < -0.39 is 11.2 Å². The fraction of sp³-hybridized carbons (Fsp3) is 0.395. The molecule has 4 aromatic carbocycles. The van der Waals surface area contributed by atoms with E-state index in [0.29, 0.717) is 13.1 Å². The van der Waals surface area contributed by atoms with Gasteiger partial charge in [-0.2, -0.15) is 0 Å². The van der Waals surface area contributed by atoms with Gasteiger partial charge in [-0.15, -0.1) is 11.8 Å². The van der Waals surface area contributed by atoms with Gasteiger partial charge in [0.2, 0.25) is 0 Å². The third-order valence-electron chi connectivity index (χ3n) is 10.6. The van der Waals surface area contributed by atoms with Gasteiger partial charge in [-0.3, -0.25) is 9.80 Å². The minimum absolute atomic E-state index is 0.107. The highest BCUT2D eigenvalue weighted by Gasteiger charge is 2.65. The highest BCUT2D eigenvalue weighted by atomic mass is 32.2. The van der Waals surface area contributed by atoms with E-state index in [4.69, 9.17) is 19.4 Å². The van der Waals surface area contributed by atoms with E-state index in [9.17, 15) is 9.59 Å². The number of aromatic nitrogens is 4. The minimum atomic E-state index is -0.543. The average Bonchev–Trinajstić information content (AvgIpc) is 3.64. The second-order valence-corrected chi connectivity index (χ2v) is 18.3. The second kappa shape index (κ2) is 12.5. The lowest BCUT2D eigenvalue weighted by molar-refractivity contribution is 0.0209. The molecule has 0 bridgehead atoms. The Kier molecular flexibility index (Phi) is 8.04. The second-order valence-electron chi connectivity index (χ2n) is 16.9. The third-order valence-corrected chi connectivity index (χ3v) is 12.3. The van der Waals surface area contributed by atoms with Crippen molar-refractivity contribution in [2.45, 2.75) is 94.6 Å². The molecule has 3 atom stereocenters. The molecule has 2 aromatic heterocycles. The highest BCUT2D eigenvalue weighted by molar-refractivity contribution is 8.08. The van der Waals surface area contributed by atoms with E-state index in [-0.39, 0.29) is 28.3 Å². The molecular weight excluding hydrogens is 697 g/mol. The Morgan fingerprint density at radius 3 is 1.85 bits per heavy atom. The van der Waals surface area contributed by atoms with Crippen LogP contribution < -0.4 is 0 Å². The number of benzene rings is 4. The molecule has 0 aliphatic carbocycles. The maximum Gasteiger partial charge on any atom is 0.411 e. The smallest absolute Gasteiger partial charge is 0.411 e. The third kappa shape index (κ3) is 6.36. The van der Waals surface area contributed by atoms with Crippen molar-refractivity contribution in [1.82, 2.24) is 29.7 Å². The summed E-state index contributed by atoms with van der Waals surface area (Å²) >= 11 is 1.80. The number of fused-ring (bicyclic) bond motifs is 3. The first kappa shape index (κ1) is 34.7. The fourth-order valence-electron chi connectivity index (χ4n) is 8.11. The zero-order chi connectivity index (χ0) is 37.6. The number of hydrogen-bond donors (Lipinski definition) is 2. The van der Waals surface area contributed by atoms with Crippen molar-refractivity contribution < 1.29 is 19.1 Å². The molecule has 6 aromatic rings. The summed E-state index contributed by atoms with van der Waals surface area (Å²) < 4.78 is 11.4. The summed E-state index contributed by atoms with van der Waals surface area (Å²) in [6.07, 6.45) is 3.15. The number of carbonyl (C=O) groups excluding carboxylic acids is 2. The molecule has 3 aliphatic rings. The van der Waals surface area contributed by atoms with Crippen molar-refractivity contribution in [2.75, 3.05) is 13.1 Å². The first-order chi connectivity index (χ1) is 25.7. The Balaban J connectivity index is 0.928. The van der Waals surface area contributed by atoms with Crippen LogP contribution in [0.1, 0.15) is 90.2 Å². The van der Waals surface area contributed by atoms with E-state index in [1.165, 1.54) is 0 Å². The summed E-state index contributed by atoms with van der Waals surface area (Å²) in [6, 6.07) is 25.8.